The van der Waals surface area contributed by atoms with Crippen molar-refractivity contribution in [2.24, 2.45) is 0 Å². The Kier molecular flexibility index (Phi) is 4.94. The third kappa shape index (κ3) is 4.09. The number of nitrogens with zero attached hydrogens (tertiary/aromatic N) is 1. The molecule has 1 aliphatic rings. The minimum Gasteiger partial charge on any atom is -0.481 e. The molecule has 1 aliphatic heterocycles. The third-order valence-corrected chi connectivity index (χ3v) is 3.10. The summed E-state index contributed by atoms with van der Waals surface area (Å²) in [6.45, 7) is 1.18. The summed E-state index contributed by atoms with van der Waals surface area (Å²) in [5.74, 6) is -0.665. The molecule has 0 amide bonds. The molecule has 1 atom stereocenters. The van der Waals surface area contributed by atoms with Gasteiger partial charge in [-0.2, -0.15) is 0 Å². The highest BCUT2D eigenvalue weighted by atomic mass is 16.4. The normalized spacial score (nSPS) is 24.5. The van der Waals surface area contributed by atoms with Crippen LogP contribution in [-0.2, 0) is 4.79 Å². The van der Waals surface area contributed by atoms with Gasteiger partial charge in [0.15, 0.2) is 0 Å². The predicted molar refractivity (Wildman–Crippen MR) is 56.4 cm³/mol. The van der Waals surface area contributed by atoms with Crippen LogP contribution in [-0.4, -0.2) is 35.6 Å². The summed E-state index contributed by atoms with van der Waals surface area (Å²) < 4.78 is 0. The first kappa shape index (κ1) is 11.5. The Balaban J connectivity index is 2.22. The number of likely N-dealkylation sites (tertiary alicyclic amines) is 1. The lowest BCUT2D eigenvalue weighted by atomic mass is 10.0. The minimum absolute atomic E-state index is 0.324. The van der Waals surface area contributed by atoms with Gasteiger partial charge in [0.05, 0.1) is 0 Å². The number of hydrogen-bond acceptors (Lipinski definition) is 2. The van der Waals surface area contributed by atoms with Crippen molar-refractivity contribution in [3.63, 3.8) is 0 Å². The van der Waals surface area contributed by atoms with E-state index in [1.807, 2.05) is 0 Å². The average Bonchev–Trinajstić information content (AvgIpc) is 2.31. The van der Waals surface area contributed by atoms with Gasteiger partial charge >= 0.3 is 5.97 Å². The van der Waals surface area contributed by atoms with E-state index in [2.05, 4.69) is 11.9 Å². The zero-order chi connectivity index (χ0) is 10.4. The molecule has 0 spiro atoms. The van der Waals surface area contributed by atoms with E-state index in [0.717, 1.165) is 12.8 Å². The molecule has 82 valence electrons. The van der Waals surface area contributed by atoms with Crippen molar-refractivity contribution in [3.8, 4) is 0 Å². The Morgan fingerprint density at radius 2 is 2.21 bits per heavy atom. The molecule has 1 unspecified atom stereocenters. The van der Waals surface area contributed by atoms with Crippen molar-refractivity contribution in [1.82, 2.24) is 4.90 Å². The van der Waals surface area contributed by atoms with E-state index in [-0.39, 0.29) is 0 Å². The van der Waals surface area contributed by atoms with Crippen LogP contribution in [0.3, 0.4) is 0 Å². The molecule has 0 radical (unpaired) electrons. The first-order chi connectivity index (χ1) is 6.70. The van der Waals surface area contributed by atoms with Gasteiger partial charge < -0.3 is 10.0 Å². The van der Waals surface area contributed by atoms with Gasteiger partial charge in [-0.3, -0.25) is 4.79 Å². The molecule has 0 saturated carbocycles. The summed E-state index contributed by atoms with van der Waals surface area (Å²) in [6, 6.07) is 0.622. The van der Waals surface area contributed by atoms with Gasteiger partial charge in [-0.1, -0.05) is 12.8 Å². The van der Waals surface area contributed by atoms with Crippen LogP contribution < -0.4 is 0 Å². The summed E-state index contributed by atoms with van der Waals surface area (Å²) in [7, 11) is 2.16. The monoisotopic (exact) mass is 199 g/mol. The molecule has 0 bridgehead atoms. The van der Waals surface area contributed by atoms with Crippen LogP contribution in [0.4, 0.5) is 0 Å². The summed E-state index contributed by atoms with van der Waals surface area (Å²) in [6.07, 6.45) is 7.38. The quantitative estimate of drug-likeness (QED) is 0.754. The van der Waals surface area contributed by atoms with E-state index in [4.69, 9.17) is 5.11 Å². The molecule has 3 nitrogen and oxygen atoms in total. The summed E-state index contributed by atoms with van der Waals surface area (Å²) >= 11 is 0. The maximum absolute atomic E-state index is 10.4. The lowest BCUT2D eigenvalue weighted by molar-refractivity contribution is -0.137. The van der Waals surface area contributed by atoms with Crippen LogP contribution in [0.5, 0.6) is 0 Å². The van der Waals surface area contributed by atoms with Gasteiger partial charge in [-0.15, -0.1) is 0 Å². The fraction of sp³-hybridized carbons (Fsp3) is 0.909. The Morgan fingerprint density at radius 1 is 1.43 bits per heavy atom. The zero-order valence-corrected chi connectivity index (χ0v) is 9.04. The maximum Gasteiger partial charge on any atom is 0.303 e. The number of carboxylic acid groups (broad SMARTS) is 1. The van der Waals surface area contributed by atoms with Crippen molar-refractivity contribution in [2.45, 2.75) is 51.0 Å². The Labute approximate surface area is 86.1 Å². The summed E-state index contributed by atoms with van der Waals surface area (Å²) in [5, 5.41) is 8.55. The van der Waals surface area contributed by atoms with E-state index in [1.165, 1.54) is 32.2 Å². The molecule has 14 heavy (non-hydrogen) atoms. The molecular weight excluding hydrogens is 178 g/mol. The molecular formula is C11H21NO2. The van der Waals surface area contributed by atoms with Crippen LogP contribution in [0, 0.1) is 0 Å². The number of carboxylic acids is 1. The van der Waals surface area contributed by atoms with Crippen molar-refractivity contribution >= 4 is 5.97 Å². The average molecular weight is 199 g/mol. The third-order valence-electron chi connectivity index (χ3n) is 3.10. The molecule has 3 heteroatoms. The largest absolute Gasteiger partial charge is 0.481 e. The standard InChI is InChI=1S/C11H21NO2/c1-12-9-4-2-3-6-10(12)7-5-8-11(13)14/h10H,2-9H2,1H3,(H,13,14). The van der Waals surface area contributed by atoms with Gasteiger partial charge in [0, 0.05) is 12.5 Å². The zero-order valence-electron chi connectivity index (χ0n) is 9.04. The molecule has 0 aromatic heterocycles. The molecule has 1 heterocycles. The molecule has 1 fully saturated rings. The topological polar surface area (TPSA) is 40.5 Å². The molecule has 1 rings (SSSR count). The van der Waals surface area contributed by atoms with Crippen molar-refractivity contribution < 1.29 is 9.90 Å². The second-order valence-electron chi connectivity index (χ2n) is 4.27. The Morgan fingerprint density at radius 3 is 2.93 bits per heavy atom. The summed E-state index contributed by atoms with van der Waals surface area (Å²) in [5.41, 5.74) is 0. The maximum atomic E-state index is 10.4. The first-order valence-corrected chi connectivity index (χ1v) is 5.62. The number of hydrogen-bond donors (Lipinski definition) is 1. The Bertz CT molecular complexity index is 182. The molecule has 0 aromatic carbocycles. The fourth-order valence-corrected chi connectivity index (χ4v) is 2.17. The van der Waals surface area contributed by atoms with Gasteiger partial charge in [0.2, 0.25) is 0 Å². The van der Waals surface area contributed by atoms with Gasteiger partial charge in [0.25, 0.3) is 0 Å². The smallest absolute Gasteiger partial charge is 0.303 e. The van der Waals surface area contributed by atoms with Crippen LogP contribution in [0.1, 0.15) is 44.9 Å². The highest BCUT2D eigenvalue weighted by molar-refractivity contribution is 5.66. The SMILES string of the molecule is CN1CCCCCC1CCCC(=O)O. The second kappa shape index (κ2) is 6.02. The van der Waals surface area contributed by atoms with Gasteiger partial charge in [0.1, 0.15) is 0 Å². The molecule has 1 saturated heterocycles. The lowest BCUT2D eigenvalue weighted by Gasteiger charge is -2.25. The fourth-order valence-electron chi connectivity index (χ4n) is 2.17. The number of carbonyl (C=O) groups is 1. The van der Waals surface area contributed by atoms with Crippen molar-refractivity contribution in [1.29, 1.82) is 0 Å². The first-order valence-electron chi connectivity index (χ1n) is 5.62. The van der Waals surface area contributed by atoms with Gasteiger partial charge in [-0.25, -0.2) is 0 Å². The van der Waals surface area contributed by atoms with Crippen molar-refractivity contribution in [2.75, 3.05) is 13.6 Å². The second-order valence-corrected chi connectivity index (χ2v) is 4.27. The van der Waals surface area contributed by atoms with E-state index < -0.39 is 5.97 Å². The molecule has 0 aromatic rings. The van der Waals surface area contributed by atoms with Crippen LogP contribution >= 0.6 is 0 Å². The van der Waals surface area contributed by atoms with Crippen LogP contribution in [0.25, 0.3) is 0 Å². The van der Waals surface area contributed by atoms with Crippen molar-refractivity contribution in [3.05, 3.63) is 0 Å². The van der Waals surface area contributed by atoms with E-state index >= 15 is 0 Å². The number of aliphatic carboxylic acids is 1. The number of rotatable bonds is 4. The van der Waals surface area contributed by atoms with Crippen LogP contribution in [0.15, 0.2) is 0 Å². The van der Waals surface area contributed by atoms with E-state index in [0.29, 0.717) is 12.5 Å². The molecule has 0 aliphatic carbocycles. The predicted octanol–water partition coefficient (Wildman–Crippen LogP) is 2.12. The summed E-state index contributed by atoms with van der Waals surface area (Å²) in [4.78, 5) is 12.8. The Hall–Kier alpha value is -0.570. The molecule has 1 N–H and O–H groups in total. The minimum atomic E-state index is -0.665. The van der Waals surface area contributed by atoms with Crippen LogP contribution in [0.2, 0.25) is 0 Å². The van der Waals surface area contributed by atoms with E-state index in [1.54, 1.807) is 0 Å². The lowest BCUT2D eigenvalue weighted by Crippen LogP contribution is -2.30. The van der Waals surface area contributed by atoms with E-state index in [9.17, 15) is 4.79 Å². The highest BCUT2D eigenvalue weighted by Gasteiger charge is 2.16. The highest BCUT2D eigenvalue weighted by Crippen LogP contribution is 2.19. The van der Waals surface area contributed by atoms with Gasteiger partial charge in [-0.05, 0) is 39.3 Å².